The summed E-state index contributed by atoms with van der Waals surface area (Å²) in [5.41, 5.74) is 2.41. The van der Waals surface area contributed by atoms with E-state index in [0.29, 0.717) is 24.5 Å². The molecule has 0 fully saturated rings. The Morgan fingerprint density at radius 3 is 2.67 bits per heavy atom. The van der Waals surface area contributed by atoms with Gasteiger partial charge in [0.1, 0.15) is 0 Å². The highest BCUT2D eigenvalue weighted by Gasteiger charge is 2.27. The summed E-state index contributed by atoms with van der Waals surface area (Å²) in [5.74, 6) is -1.27. The van der Waals surface area contributed by atoms with Crippen molar-refractivity contribution >= 4 is 23.4 Å². The molecule has 0 aliphatic carbocycles. The van der Waals surface area contributed by atoms with Crippen molar-refractivity contribution in [1.29, 1.82) is 0 Å². The van der Waals surface area contributed by atoms with Gasteiger partial charge in [-0.25, -0.2) is 0 Å². The average molecular weight is 324 g/mol. The summed E-state index contributed by atoms with van der Waals surface area (Å²) in [5, 5.41) is 4.98. The lowest BCUT2D eigenvalue weighted by molar-refractivity contribution is 0.0879. The van der Waals surface area contributed by atoms with Gasteiger partial charge >= 0.3 is 0 Å². The molecule has 122 valence electrons. The van der Waals surface area contributed by atoms with Crippen LogP contribution >= 0.6 is 0 Å². The highest BCUT2D eigenvalue weighted by Crippen LogP contribution is 2.19. The molecular formula is C18H16N2O4. The Morgan fingerprint density at radius 2 is 1.88 bits per heavy atom. The molecule has 0 saturated heterocycles. The van der Waals surface area contributed by atoms with E-state index in [2.05, 4.69) is 10.6 Å². The van der Waals surface area contributed by atoms with Gasteiger partial charge in [-0.05, 0) is 42.8 Å². The van der Waals surface area contributed by atoms with Gasteiger partial charge in [0.15, 0.2) is 0 Å². The number of hydrogen-bond acceptors (Lipinski definition) is 4. The van der Waals surface area contributed by atoms with Gasteiger partial charge in [-0.1, -0.05) is 12.1 Å². The summed E-state index contributed by atoms with van der Waals surface area (Å²) < 4.78 is 5.35. The molecule has 0 aromatic heterocycles. The number of carbonyl (C=O) groups excluding carboxylic acids is 3. The molecule has 1 aliphatic rings. The van der Waals surface area contributed by atoms with E-state index in [1.807, 2.05) is 25.1 Å². The standard InChI is InChI=1S/C18H16N2O4/c1-2-24-10-11-4-3-5-13(8-11)19-16(21)12-6-7-14-15(9-12)18(23)20-17(14)22/h3-9H,2,10H2,1H3,(H,19,21)(H,20,22,23). The lowest BCUT2D eigenvalue weighted by atomic mass is 10.1. The summed E-state index contributed by atoms with van der Waals surface area (Å²) in [6, 6.07) is 11.8. The molecule has 1 aliphatic heterocycles. The minimum absolute atomic E-state index is 0.220. The van der Waals surface area contributed by atoms with E-state index in [4.69, 9.17) is 4.74 Å². The van der Waals surface area contributed by atoms with E-state index in [-0.39, 0.29) is 17.0 Å². The zero-order valence-electron chi connectivity index (χ0n) is 13.1. The quantitative estimate of drug-likeness (QED) is 0.827. The van der Waals surface area contributed by atoms with Crippen molar-refractivity contribution in [3.63, 3.8) is 0 Å². The van der Waals surface area contributed by atoms with Crippen LogP contribution in [0.1, 0.15) is 43.6 Å². The number of rotatable bonds is 5. The second kappa shape index (κ2) is 6.64. The smallest absolute Gasteiger partial charge is 0.258 e. The molecule has 6 heteroatoms. The van der Waals surface area contributed by atoms with E-state index in [0.717, 1.165) is 5.56 Å². The molecule has 1 heterocycles. The Bertz CT molecular complexity index is 830. The zero-order chi connectivity index (χ0) is 17.1. The van der Waals surface area contributed by atoms with Crippen LogP contribution in [-0.2, 0) is 11.3 Å². The first-order chi connectivity index (χ1) is 11.6. The van der Waals surface area contributed by atoms with Crippen molar-refractivity contribution < 1.29 is 19.1 Å². The number of benzene rings is 2. The monoisotopic (exact) mass is 324 g/mol. The number of fused-ring (bicyclic) bond motifs is 1. The third-order valence-corrected chi connectivity index (χ3v) is 3.66. The van der Waals surface area contributed by atoms with Crippen molar-refractivity contribution in [3.05, 3.63) is 64.7 Å². The van der Waals surface area contributed by atoms with Gasteiger partial charge in [0.05, 0.1) is 17.7 Å². The van der Waals surface area contributed by atoms with Crippen LogP contribution in [0.25, 0.3) is 0 Å². The third kappa shape index (κ3) is 3.18. The van der Waals surface area contributed by atoms with Crippen molar-refractivity contribution in [2.45, 2.75) is 13.5 Å². The summed E-state index contributed by atoms with van der Waals surface area (Å²) in [6.07, 6.45) is 0. The van der Waals surface area contributed by atoms with E-state index in [1.54, 1.807) is 6.07 Å². The Kier molecular flexibility index (Phi) is 4.39. The first-order valence-electron chi connectivity index (χ1n) is 7.56. The normalized spacial score (nSPS) is 12.7. The SMILES string of the molecule is CCOCc1cccc(NC(=O)c2ccc3c(c2)C(=O)NC3=O)c1. The molecule has 0 unspecified atom stereocenters. The molecule has 0 spiro atoms. The highest BCUT2D eigenvalue weighted by atomic mass is 16.5. The number of hydrogen-bond donors (Lipinski definition) is 2. The van der Waals surface area contributed by atoms with E-state index in [9.17, 15) is 14.4 Å². The molecule has 3 amide bonds. The fourth-order valence-corrected chi connectivity index (χ4v) is 2.47. The largest absolute Gasteiger partial charge is 0.377 e. The average Bonchev–Trinajstić information content (AvgIpc) is 2.87. The molecule has 0 saturated carbocycles. The second-order valence-electron chi connectivity index (χ2n) is 5.34. The van der Waals surface area contributed by atoms with E-state index >= 15 is 0 Å². The molecule has 0 bridgehead atoms. The van der Waals surface area contributed by atoms with Gasteiger partial charge in [0.25, 0.3) is 17.7 Å². The molecule has 2 N–H and O–H groups in total. The number of nitrogens with one attached hydrogen (secondary N) is 2. The van der Waals surface area contributed by atoms with Gasteiger partial charge in [0.2, 0.25) is 0 Å². The first kappa shape index (κ1) is 15.9. The molecule has 0 atom stereocenters. The predicted octanol–water partition coefficient (Wildman–Crippen LogP) is 2.36. The van der Waals surface area contributed by atoms with Crippen LogP contribution in [0.15, 0.2) is 42.5 Å². The summed E-state index contributed by atoms with van der Waals surface area (Å²) >= 11 is 0. The highest BCUT2D eigenvalue weighted by molar-refractivity contribution is 6.22. The minimum Gasteiger partial charge on any atom is -0.377 e. The van der Waals surface area contributed by atoms with Crippen LogP contribution in [0.5, 0.6) is 0 Å². The minimum atomic E-state index is -0.483. The van der Waals surface area contributed by atoms with E-state index < -0.39 is 11.8 Å². The molecule has 0 radical (unpaired) electrons. The maximum absolute atomic E-state index is 12.4. The van der Waals surface area contributed by atoms with Crippen molar-refractivity contribution in [2.75, 3.05) is 11.9 Å². The Labute approximate surface area is 138 Å². The van der Waals surface area contributed by atoms with Gasteiger partial charge in [-0.15, -0.1) is 0 Å². The number of ether oxygens (including phenoxy) is 1. The number of amides is 3. The van der Waals surface area contributed by atoms with E-state index in [1.165, 1.54) is 18.2 Å². The fourth-order valence-electron chi connectivity index (χ4n) is 2.47. The number of anilines is 1. The summed E-state index contributed by atoms with van der Waals surface area (Å²) in [7, 11) is 0. The fraction of sp³-hybridized carbons (Fsp3) is 0.167. The second-order valence-corrected chi connectivity index (χ2v) is 5.34. The molecule has 2 aromatic carbocycles. The Balaban J connectivity index is 1.77. The van der Waals surface area contributed by atoms with Crippen LogP contribution < -0.4 is 10.6 Å². The topological polar surface area (TPSA) is 84.5 Å². The zero-order valence-corrected chi connectivity index (χ0v) is 13.1. The van der Waals surface area contributed by atoms with Crippen LogP contribution in [0, 0.1) is 0 Å². The van der Waals surface area contributed by atoms with Gasteiger partial charge < -0.3 is 10.1 Å². The van der Waals surface area contributed by atoms with Crippen LogP contribution in [0.3, 0.4) is 0 Å². The summed E-state index contributed by atoms with van der Waals surface area (Å²) in [4.78, 5) is 35.6. The lowest BCUT2D eigenvalue weighted by Gasteiger charge is -2.08. The maximum Gasteiger partial charge on any atom is 0.258 e. The molecule has 3 rings (SSSR count). The van der Waals surface area contributed by atoms with Gasteiger partial charge in [-0.2, -0.15) is 0 Å². The Hall–Kier alpha value is -2.99. The van der Waals surface area contributed by atoms with Crippen LogP contribution in [-0.4, -0.2) is 24.3 Å². The van der Waals surface area contributed by atoms with Crippen LogP contribution in [0.2, 0.25) is 0 Å². The molecule has 2 aromatic rings. The summed E-state index contributed by atoms with van der Waals surface area (Å²) in [6.45, 7) is 3.01. The van der Waals surface area contributed by atoms with Crippen LogP contribution in [0.4, 0.5) is 5.69 Å². The number of imide groups is 1. The van der Waals surface area contributed by atoms with Crippen molar-refractivity contribution in [1.82, 2.24) is 5.32 Å². The predicted molar refractivity (Wildman–Crippen MR) is 88.0 cm³/mol. The Morgan fingerprint density at radius 1 is 1.08 bits per heavy atom. The molecule has 24 heavy (non-hydrogen) atoms. The third-order valence-electron chi connectivity index (χ3n) is 3.66. The van der Waals surface area contributed by atoms with Crippen molar-refractivity contribution in [3.8, 4) is 0 Å². The lowest BCUT2D eigenvalue weighted by Crippen LogP contribution is -2.19. The number of carbonyl (C=O) groups is 3. The first-order valence-corrected chi connectivity index (χ1v) is 7.56. The molecule has 6 nitrogen and oxygen atoms in total. The van der Waals surface area contributed by atoms with Gasteiger partial charge in [0, 0.05) is 17.9 Å². The van der Waals surface area contributed by atoms with Gasteiger partial charge in [-0.3, -0.25) is 19.7 Å². The maximum atomic E-state index is 12.4. The molecular weight excluding hydrogens is 308 g/mol. The van der Waals surface area contributed by atoms with Crippen molar-refractivity contribution in [2.24, 2.45) is 0 Å².